The summed E-state index contributed by atoms with van der Waals surface area (Å²) in [6.07, 6.45) is -0.658. The topological polar surface area (TPSA) is 29.5 Å². The summed E-state index contributed by atoms with van der Waals surface area (Å²) in [6.45, 7) is 3.64. The average Bonchev–Trinajstić information content (AvgIpc) is 2.17. The highest BCUT2D eigenvalue weighted by Crippen LogP contribution is 2.48. The van der Waals surface area contributed by atoms with Crippen LogP contribution in [-0.2, 0) is 0 Å². The predicted molar refractivity (Wildman–Crippen MR) is 68.8 cm³/mol. The SMILES string of the molecule is CC1(C)Oc2c(Cl)cc(Cl)cc2[C@H](Br)[C@H]1O. The Bertz CT molecular complexity index is 434. The maximum absolute atomic E-state index is 10.1. The van der Waals surface area contributed by atoms with Crippen LogP contribution in [0.4, 0.5) is 0 Å². The first-order valence-electron chi connectivity index (χ1n) is 4.83. The smallest absolute Gasteiger partial charge is 0.143 e. The van der Waals surface area contributed by atoms with E-state index in [0.29, 0.717) is 15.8 Å². The second-order valence-electron chi connectivity index (χ2n) is 4.36. The Hall–Kier alpha value is 0.0400. The van der Waals surface area contributed by atoms with E-state index < -0.39 is 11.7 Å². The molecule has 1 aromatic rings. The zero-order chi connectivity index (χ0) is 12.1. The van der Waals surface area contributed by atoms with Crippen LogP contribution in [0.5, 0.6) is 5.75 Å². The fourth-order valence-corrected chi connectivity index (χ4v) is 3.26. The highest BCUT2D eigenvalue weighted by molar-refractivity contribution is 9.09. The molecule has 1 N–H and O–H groups in total. The van der Waals surface area contributed by atoms with Gasteiger partial charge in [0.25, 0.3) is 0 Å². The molecule has 16 heavy (non-hydrogen) atoms. The molecule has 1 aliphatic heterocycles. The van der Waals surface area contributed by atoms with Crippen molar-refractivity contribution in [2.24, 2.45) is 0 Å². The van der Waals surface area contributed by atoms with Crippen molar-refractivity contribution in [1.29, 1.82) is 0 Å². The second-order valence-corrected chi connectivity index (χ2v) is 6.19. The van der Waals surface area contributed by atoms with Gasteiger partial charge in [-0.05, 0) is 26.0 Å². The quantitative estimate of drug-likeness (QED) is 0.731. The van der Waals surface area contributed by atoms with E-state index in [1.807, 2.05) is 13.8 Å². The van der Waals surface area contributed by atoms with Crippen LogP contribution in [0.15, 0.2) is 12.1 Å². The third-order valence-corrected chi connectivity index (χ3v) is 4.18. The highest BCUT2D eigenvalue weighted by atomic mass is 79.9. The van der Waals surface area contributed by atoms with Crippen LogP contribution in [0.3, 0.4) is 0 Å². The standard InChI is InChI=1S/C11H11BrCl2O2/c1-11(2)10(15)8(12)6-3-5(13)4-7(14)9(6)16-11/h3-4,8,10,15H,1-2H3/t8-,10+/m0/s1. The second kappa shape index (κ2) is 4.05. The maximum atomic E-state index is 10.1. The molecule has 0 saturated carbocycles. The van der Waals surface area contributed by atoms with Crippen molar-refractivity contribution in [3.63, 3.8) is 0 Å². The first-order chi connectivity index (χ1) is 7.33. The van der Waals surface area contributed by atoms with Gasteiger partial charge in [0, 0.05) is 10.6 Å². The number of alkyl halides is 1. The summed E-state index contributed by atoms with van der Waals surface area (Å²) in [5, 5.41) is 11.1. The Morgan fingerprint density at radius 1 is 1.38 bits per heavy atom. The van der Waals surface area contributed by atoms with E-state index in [0.717, 1.165) is 5.56 Å². The number of rotatable bonds is 0. The minimum atomic E-state index is -0.682. The molecule has 5 heteroatoms. The molecule has 1 aromatic carbocycles. The first kappa shape index (κ1) is 12.5. The number of hydrogen-bond donors (Lipinski definition) is 1. The molecule has 0 unspecified atom stereocenters. The van der Waals surface area contributed by atoms with Gasteiger partial charge in [-0.15, -0.1) is 0 Å². The molecule has 2 rings (SSSR count). The molecule has 88 valence electrons. The number of ether oxygens (including phenoxy) is 1. The third kappa shape index (κ3) is 1.94. The van der Waals surface area contributed by atoms with E-state index in [9.17, 15) is 5.11 Å². The lowest BCUT2D eigenvalue weighted by Crippen LogP contribution is -2.47. The molecule has 0 aromatic heterocycles. The number of benzene rings is 1. The number of fused-ring (bicyclic) bond motifs is 1. The molecule has 2 atom stereocenters. The van der Waals surface area contributed by atoms with Gasteiger partial charge in [0.1, 0.15) is 17.5 Å². The van der Waals surface area contributed by atoms with Gasteiger partial charge in [-0.25, -0.2) is 0 Å². The van der Waals surface area contributed by atoms with Crippen molar-refractivity contribution < 1.29 is 9.84 Å². The van der Waals surface area contributed by atoms with E-state index >= 15 is 0 Å². The summed E-state index contributed by atoms with van der Waals surface area (Å²) in [7, 11) is 0. The maximum Gasteiger partial charge on any atom is 0.143 e. The number of aliphatic hydroxyl groups excluding tert-OH is 1. The zero-order valence-electron chi connectivity index (χ0n) is 8.80. The van der Waals surface area contributed by atoms with Crippen LogP contribution < -0.4 is 4.74 Å². The van der Waals surface area contributed by atoms with Crippen LogP contribution in [0, 0.1) is 0 Å². The van der Waals surface area contributed by atoms with Gasteiger partial charge in [-0.2, -0.15) is 0 Å². The molecule has 1 heterocycles. The van der Waals surface area contributed by atoms with E-state index in [-0.39, 0.29) is 4.83 Å². The fourth-order valence-electron chi connectivity index (χ4n) is 1.74. The number of hydrogen-bond acceptors (Lipinski definition) is 2. The fraction of sp³-hybridized carbons (Fsp3) is 0.455. The van der Waals surface area contributed by atoms with Gasteiger partial charge >= 0.3 is 0 Å². The largest absolute Gasteiger partial charge is 0.483 e. The van der Waals surface area contributed by atoms with Crippen molar-refractivity contribution in [1.82, 2.24) is 0 Å². The van der Waals surface area contributed by atoms with Crippen molar-refractivity contribution in [2.75, 3.05) is 0 Å². The predicted octanol–water partition coefficient (Wildman–Crippen LogP) is 3.96. The highest BCUT2D eigenvalue weighted by Gasteiger charge is 2.42. The lowest BCUT2D eigenvalue weighted by molar-refractivity contribution is -0.0417. The molecule has 0 saturated heterocycles. The van der Waals surface area contributed by atoms with Crippen molar-refractivity contribution in [3.8, 4) is 5.75 Å². The van der Waals surface area contributed by atoms with Crippen molar-refractivity contribution in [2.45, 2.75) is 30.4 Å². The van der Waals surface area contributed by atoms with Crippen LogP contribution in [0.25, 0.3) is 0 Å². The summed E-state index contributed by atoms with van der Waals surface area (Å²) >= 11 is 15.4. The summed E-state index contributed by atoms with van der Waals surface area (Å²) in [4.78, 5) is -0.234. The van der Waals surface area contributed by atoms with E-state index in [2.05, 4.69) is 15.9 Å². The van der Waals surface area contributed by atoms with Crippen LogP contribution in [0.2, 0.25) is 10.0 Å². The zero-order valence-corrected chi connectivity index (χ0v) is 11.9. The lowest BCUT2D eigenvalue weighted by atomic mass is 9.91. The van der Waals surface area contributed by atoms with Crippen LogP contribution in [0.1, 0.15) is 24.2 Å². The van der Waals surface area contributed by atoms with Gasteiger partial charge in [0.05, 0.1) is 9.85 Å². The molecule has 1 aliphatic rings. The Balaban J connectivity index is 2.59. The molecule has 0 spiro atoms. The van der Waals surface area contributed by atoms with Gasteiger partial charge in [0.15, 0.2) is 0 Å². The summed E-state index contributed by atoms with van der Waals surface area (Å²) < 4.78 is 5.72. The number of halogens is 3. The summed E-state index contributed by atoms with van der Waals surface area (Å²) in [5.74, 6) is 0.586. The summed E-state index contributed by atoms with van der Waals surface area (Å²) in [6, 6.07) is 3.39. The minimum Gasteiger partial charge on any atom is -0.483 e. The Labute approximate surface area is 113 Å². The first-order valence-corrected chi connectivity index (χ1v) is 6.50. The summed E-state index contributed by atoms with van der Waals surface area (Å²) in [5.41, 5.74) is 0.0999. The Morgan fingerprint density at radius 2 is 2.00 bits per heavy atom. The molecule has 0 bridgehead atoms. The van der Waals surface area contributed by atoms with Crippen LogP contribution >= 0.6 is 39.1 Å². The van der Waals surface area contributed by atoms with Gasteiger partial charge in [-0.3, -0.25) is 0 Å². The normalized spacial score (nSPS) is 27.1. The minimum absolute atomic E-state index is 0.234. The van der Waals surface area contributed by atoms with E-state index in [1.54, 1.807) is 12.1 Å². The van der Waals surface area contributed by atoms with Gasteiger partial charge in [0.2, 0.25) is 0 Å². The monoisotopic (exact) mass is 324 g/mol. The molecule has 2 nitrogen and oxygen atoms in total. The third-order valence-electron chi connectivity index (χ3n) is 2.69. The molecule has 0 fully saturated rings. The molecule has 0 amide bonds. The molecular formula is C11H11BrCl2O2. The Kier molecular flexibility index (Phi) is 3.17. The van der Waals surface area contributed by atoms with Crippen molar-refractivity contribution in [3.05, 3.63) is 27.7 Å². The number of aliphatic hydroxyl groups is 1. The van der Waals surface area contributed by atoms with Gasteiger partial charge in [-0.1, -0.05) is 39.1 Å². The Morgan fingerprint density at radius 3 is 2.62 bits per heavy atom. The van der Waals surface area contributed by atoms with Crippen LogP contribution in [-0.4, -0.2) is 16.8 Å². The molecule has 0 radical (unpaired) electrons. The lowest BCUT2D eigenvalue weighted by Gasteiger charge is -2.40. The molecule has 0 aliphatic carbocycles. The average molecular weight is 326 g/mol. The van der Waals surface area contributed by atoms with E-state index in [4.69, 9.17) is 27.9 Å². The molecular weight excluding hydrogens is 315 g/mol. The van der Waals surface area contributed by atoms with E-state index in [1.165, 1.54) is 0 Å². The van der Waals surface area contributed by atoms with Gasteiger partial charge < -0.3 is 9.84 Å². The van der Waals surface area contributed by atoms with Crippen molar-refractivity contribution >= 4 is 39.1 Å².